The molecule has 2 aromatic carbocycles. The van der Waals surface area contributed by atoms with Crippen molar-refractivity contribution in [2.24, 2.45) is 0 Å². The standard InChI is InChI=1S/C20H24ClN3O4S/c1-20(2,3)23-19(26)16-7-5-6-8-17(16)22-18(25)13-24(4)29(27,28)15-11-9-14(21)10-12-15/h5-12H,13H2,1-4H3,(H,22,25)(H,23,26). The van der Waals surface area contributed by atoms with E-state index in [0.29, 0.717) is 16.3 Å². The first-order valence-corrected chi connectivity index (χ1v) is 10.7. The van der Waals surface area contributed by atoms with Crippen LogP contribution in [-0.2, 0) is 14.8 Å². The Morgan fingerprint density at radius 1 is 1.03 bits per heavy atom. The van der Waals surface area contributed by atoms with E-state index in [1.54, 1.807) is 24.3 Å². The maximum absolute atomic E-state index is 12.6. The van der Waals surface area contributed by atoms with Gasteiger partial charge in [-0.1, -0.05) is 23.7 Å². The molecule has 0 fully saturated rings. The molecule has 0 radical (unpaired) electrons. The van der Waals surface area contributed by atoms with Crippen LogP contribution in [0.15, 0.2) is 53.4 Å². The maximum atomic E-state index is 12.6. The third-order valence-electron chi connectivity index (χ3n) is 3.82. The summed E-state index contributed by atoms with van der Waals surface area (Å²) in [6.07, 6.45) is 0. The zero-order valence-corrected chi connectivity index (χ0v) is 18.3. The molecule has 0 aromatic heterocycles. The van der Waals surface area contributed by atoms with Crippen LogP contribution in [0.25, 0.3) is 0 Å². The number of para-hydroxylation sites is 1. The van der Waals surface area contributed by atoms with Crippen molar-refractivity contribution in [2.45, 2.75) is 31.2 Å². The van der Waals surface area contributed by atoms with Crippen molar-refractivity contribution in [3.05, 3.63) is 59.1 Å². The zero-order chi connectivity index (χ0) is 21.8. The molecule has 0 saturated heterocycles. The Balaban J connectivity index is 2.13. The number of sulfonamides is 1. The summed E-state index contributed by atoms with van der Waals surface area (Å²) >= 11 is 5.79. The minimum atomic E-state index is -3.86. The lowest BCUT2D eigenvalue weighted by Crippen LogP contribution is -2.41. The van der Waals surface area contributed by atoms with Crippen molar-refractivity contribution in [3.63, 3.8) is 0 Å². The third kappa shape index (κ3) is 6.28. The number of nitrogens with zero attached hydrogens (tertiary/aromatic N) is 1. The molecule has 7 nitrogen and oxygen atoms in total. The van der Waals surface area contributed by atoms with Crippen LogP contribution in [0.3, 0.4) is 0 Å². The van der Waals surface area contributed by atoms with E-state index in [1.807, 2.05) is 20.8 Å². The molecule has 156 valence electrons. The van der Waals surface area contributed by atoms with Crippen molar-refractivity contribution in [3.8, 4) is 0 Å². The number of halogens is 1. The van der Waals surface area contributed by atoms with Crippen LogP contribution in [0.1, 0.15) is 31.1 Å². The highest BCUT2D eigenvalue weighted by Crippen LogP contribution is 2.19. The normalized spacial score (nSPS) is 11.9. The SMILES string of the molecule is CN(CC(=O)Nc1ccccc1C(=O)NC(C)(C)C)S(=O)(=O)c1ccc(Cl)cc1. The van der Waals surface area contributed by atoms with Gasteiger partial charge < -0.3 is 10.6 Å². The number of nitrogens with one attached hydrogen (secondary N) is 2. The number of carbonyl (C=O) groups is 2. The minimum Gasteiger partial charge on any atom is -0.347 e. The first-order valence-electron chi connectivity index (χ1n) is 8.83. The first-order chi connectivity index (χ1) is 13.4. The van der Waals surface area contributed by atoms with Crippen LogP contribution in [0.2, 0.25) is 5.02 Å². The summed E-state index contributed by atoms with van der Waals surface area (Å²) < 4.78 is 26.1. The van der Waals surface area contributed by atoms with E-state index in [2.05, 4.69) is 10.6 Å². The predicted molar refractivity (Wildman–Crippen MR) is 114 cm³/mol. The third-order valence-corrected chi connectivity index (χ3v) is 5.89. The van der Waals surface area contributed by atoms with Crippen LogP contribution < -0.4 is 10.6 Å². The molecule has 0 spiro atoms. The van der Waals surface area contributed by atoms with Gasteiger partial charge in [0.1, 0.15) is 0 Å². The lowest BCUT2D eigenvalue weighted by molar-refractivity contribution is -0.116. The molecule has 29 heavy (non-hydrogen) atoms. The van der Waals surface area contributed by atoms with Crippen molar-refractivity contribution in [2.75, 3.05) is 18.9 Å². The first kappa shape index (κ1) is 22.9. The zero-order valence-electron chi connectivity index (χ0n) is 16.7. The Bertz CT molecular complexity index is 999. The molecule has 0 aliphatic heterocycles. The lowest BCUT2D eigenvalue weighted by atomic mass is 10.1. The van der Waals surface area contributed by atoms with Gasteiger partial charge in [0, 0.05) is 17.6 Å². The second kappa shape index (κ2) is 8.94. The number of benzene rings is 2. The van der Waals surface area contributed by atoms with Crippen LogP contribution in [0, 0.1) is 0 Å². The van der Waals surface area contributed by atoms with Crippen molar-refractivity contribution >= 4 is 39.1 Å². The van der Waals surface area contributed by atoms with Crippen LogP contribution in [-0.4, -0.2) is 43.7 Å². The average molecular weight is 438 g/mol. The molecule has 0 unspecified atom stereocenters. The molecule has 0 bridgehead atoms. The molecule has 0 atom stereocenters. The number of carbonyl (C=O) groups excluding carboxylic acids is 2. The number of hydrogen-bond acceptors (Lipinski definition) is 4. The molecule has 2 N–H and O–H groups in total. The van der Waals surface area contributed by atoms with Gasteiger partial charge in [0.2, 0.25) is 15.9 Å². The summed E-state index contributed by atoms with van der Waals surface area (Å²) in [5, 5.41) is 5.86. The quantitative estimate of drug-likeness (QED) is 0.725. The van der Waals surface area contributed by atoms with Crippen molar-refractivity contribution < 1.29 is 18.0 Å². The monoisotopic (exact) mass is 437 g/mol. The van der Waals surface area contributed by atoms with Gasteiger partial charge in [-0.3, -0.25) is 9.59 Å². The van der Waals surface area contributed by atoms with Crippen LogP contribution in [0.4, 0.5) is 5.69 Å². The van der Waals surface area contributed by atoms with E-state index < -0.39 is 28.0 Å². The molecule has 2 amide bonds. The van der Waals surface area contributed by atoms with Gasteiger partial charge >= 0.3 is 0 Å². The fraction of sp³-hybridized carbons (Fsp3) is 0.300. The molecular weight excluding hydrogens is 414 g/mol. The van der Waals surface area contributed by atoms with Gasteiger partial charge in [-0.2, -0.15) is 4.31 Å². The highest BCUT2D eigenvalue weighted by molar-refractivity contribution is 7.89. The summed E-state index contributed by atoms with van der Waals surface area (Å²) in [7, 11) is -2.55. The van der Waals surface area contributed by atoms with E-state index in [4.69, 9.17) is 11.6 Å². The number of hydrogen-bond donors (Lipinski definition) is 2. The van der Waals surface area contributed by atoms with Crippen LogP contribution in [0.5, 0.6) is 0 Å². The molecule has 0 saturated carbocycles. The van der Waals surface area contributed by atoms with E-state index in [1.165, 1.54) is 31.3 Å². The number of anilines is 1. The van der Waals surface area contributed by atoms with Gasteiger partial charge in [0.25, 0.3) is 5.91 Å². The van der Waals surface area contributed by atoms with Crippen LogP contribution >= 0.6 is 11.6 Å². The van der Waals surface area contributed by atoms with Crippen molar-refractivity contribution in [1.29, 1.82) is 0 Å². The Morgan fingerprint density at radius 2 is 1.62 bits per heavy atom. The lowest BCUT2D eigenvalue weighted by Gasteiger charge is -2.22. The molecule has 0 heterocycles. The smallest absolute Gasteiger partial charge is 0.253 e. The topological polar surface area (TPSA) is 95.6 Å². The van der Waals surface area contributed by atoms with Crippen molar-refractivity contribution in [1.82, 2.24) is 9.62 Å². The van der Waals surface area contributed by atoms with E-state index in [-0.39, 0.29) is 10.8 Å². The highest BCUT2D eigenvalue weighted by atomic mass is 35.5. The second-order valence-electron chi connectivity index (χ2n) is 7.51. The molecule has 2 aromatic rings. The second-order valence-corrected chi connectivity index (χ2v) is 9.99. The number of amides is 2. The Kier molecular flexibility index (Phi) is 7.05. The van der Waals surface area contributed by atoms with Gasteiger partial charge in [-0.05, 0) is 57.2 Å². The number of likely N-dealkylation sites (N-methyl/N-ethyl adjacent to an activating group) is 1. The molecule has 0 aliphatic rings. The molecule has 0 aliphatic carbocycles. The fourth-order valence-corrected chi connectivity index (χ4v) is 3.71. The molecule has 9 heteroatoms. The summed E-state index contributed by atoms with van der Waals surface area (Å²) in [5.74, 6) is -0.906. The summed E-state index contributed by atoms with van der Waals surface area (Å²) in [5.41, 5.74) is 0.150. The van der Waals surface area contributed by atoms with Gasteiger partial charge in [-0.25, -0.2) is 8.42 Å². The summed E-state index contributed by atoms with van der Waals surface area (Å²) in [6.45, 7) is 5.13. The maximum Gasteiger partial charge on any atom is 0.253 e. The summed E-state index contributed by atoms with van der Waals surface area (Å²) in [4.78, 5) is 25.0. The molecular formula is C20H24ClN3O4S. The largest absolute Gasteiger partial charge is 0.347 e. The van der Waals surface area contributed by atoms with E-state index in [0.717, 1.165) is 4.31 Å². The predicted octanol–water partition coefficient (Wildman–Crippen LogP) is 3.13. The van der Waals surface area contributed by atoms with E-state index in [9.17, 15) is 18.0 Å². The summed E-state index contributed by atoms with van der Waals surface area (Å²) in [6, 6.07) is 12.2. The van der Waals surface area contributed by atoms with Gasteiger partial charge in [0.15, 0.2) is 0 Å². The average Bonchev–Trinajstić information content (AvgIpc) is 2.60. The fourth-order valence-electron chi connectivity index (χ4n) is 2.46. The minimum absolute atomic E-state index is 0.0298. The van der Waals surface area contributed by atoms with E-state index >= 15 is 0 Å². The Morgan fingerprint density at radius 3 is 2.21 bits per heavy atom. The van der Waals surface area contributed by atoms with Gasteiger partial charge in [0.05, 0.1) is 22.7 Å². The highest BCUT2D eigenvalue weighted by Gasteiger charge is 2.24. The molecule has 2 rings (SSSR count). The number of rotatable bonds is 6. The Hall–Kier alpha value is -2.42. The Labute approximate surface area is 176 Å². The van der Waals surface area contributed by atoms with Gasteiger partial charge in [-0.15, -0.1) is 0 Å².